The lowest BCUT2D eigenvalue weighted by atomic mass is 9.91. The van der Waals surface area contributed by atoms with Gasteiger partial charge in [0.15, 0.2) is 0 Å². The Morgan fingerprint density at radius 3 is 2.68 bits per heavy atom. The molecular weight excluding hydrogens is 314 g/mol. The van der Waals surface area contributed by atoms with Gasteiger partial charge in [-0.05, 0) is 72.0 Å². The number of anilines is 1. The van der Waals surface area contributed by atoms with Gasteiger partial charge in [-0.3, -0.25) is 9.80 Å². The number of pyridine rings is 1. The smallest absolute Gasteiger partial charge is 0.416 e. The number of carbonyl (C=O) groups is 1. The molecule has 0 N–H and O–H groups in total. The summed E-state index contributed by atoms with van der Waals surface area (Å²) in [4.78, 5) is 21.9. The summed E-state index contributed by atoms with van der Waals surface area (Å²) >= 11 is 0. The first-order valence-corrected chi connectivity index (χ1v) is 9.62. The Morgan fingerprint density at radius 1 is 1.32 bits per heavy atom. The van der Waals surface area contributed by atoms with Crippen LogP contribution in [0.4, 0.5) is 10.6 Å². The van der Waals surface area contributed by atoms with Gasteiger partial charge in [-0.1, -0.05) is 13.0 Å². The third-order valence-corrected chi connectivity index (χ3v) is 5.20. The van der Waals surface area contributed by atoms with Crippen LogP contribution in [0, 0.1) is 0 Å². The number of rotatable bonds is 4. The van der Waals surface area contributed by atoms with Crippen molar-refractivity contribution in [3.8, 4) is 0 Å². The van der Waals surface area contributed by atoms with E-state index in [4.69, 9.17) is 4.74 Å². The first-order valence-electron chi connectivity index (χ1n) is 9.62. The molecule has 5 heteroatoms. The highest BCUT2D eigenvalue weighted by molar-refractivity contribution is 5.88. The van der Waals surface area contributed by atoms with E-state index in [0.717, 1.165) is 44.6 Å². The predicted molar refractivity (Wildman–Crippen MR) is 99.8 cm³/mol. The number of hydrogen-bond donors (Lipinski definition) is 0. The van der Waals surface area contributed by atoms with E-state index in [1.165, 1.54) is 12.0 Å². The molecule has 2 aliphatic rings. The molecule has 0 radical (unpaired) electrons. The van der Waals surface area contributed by atoms with Gasteiger partial charge in [0.2, 0.25) is 0 Å². The number of ether oxygens (including phenoxy) is 1. The van der Waals surface area contributed by atoms with Gasteiger partial charge in [-0.15, -0.1) is 0 Å². The summed E-state index contributed by atoms with van der Waals surface area (Å²) in [5.74, 6) is 0.798. The van der Waals surface area contributed by atoms with E-state index in [2.05, 4.69) is 22.9 Å². The minimum atomic E-state index is -0.503. The van der Waals surface area contributed by atoms with Crippen LogP contribution in [0.1, 0.15) is 71.4 Å². The average Bonchev–Trinajstić information content (AvgIpc) is 2.97. The molecule has 1 unspecified atom stereocenters. The lowest BCUT2D eigenvalue weighted by Gasteiger charge is -2.39. The van der Waals surface area contributed by atoms with Gasteiger partial charge in [-0.25, -0.2) is 9.78 Å². The van der Waals surface area contributed by atoms with Crippen molar-refractivity contribution in [1.82, 2.24) is 9.88 Å². The lowest BCUT2D eigenvalue weighted by molar-refractivity contribution is 0.0547. The minimum Gasteiger partial charge on any atom is -0.443 e. The maximum Gasteiger partial charge on any atom is 0.416 e. The van der Waals surface area contributed by atoms with Crippen molar-refractivity contribution in [2.45, 2.75) is 77.5 Å². The van der Waals surface area contributed by atoms with Crippen molar-refractivity contribution >= 4 is 11.9 Å². The van der Waals surface area contributed by atoms with E-state index in [1.54, 1.807) is 6.20 Å². The Bertz CT molecular complexity index is 607. The molecule has 3 rings (SSSR count). The molecule has 0 spiro atoms. The van der Waals surface area contributed by atoms with Gasteiger partial charge in [0.05, 0.1) is 0 Å². The Hall–Kier alpha value is -1.62. The molecule has 1 aromatic heterocycles. The number of likely N-dealkylation sites (tertiary alicyclic amines) is 1. The molecule has 138 valence electrons. The average molecular weight is 345 g/mol. The van der Waals surface area contributed by atoms with E-state index in [1.807, 2.05) is 31.7 Å². The Labute approximate surface area is 151 Å². The first kappa shape index (κ1) is 18.2. The summed E-state index contributed by atoms with van der Waals surface area (Å²) in [7, 11) is 0. The zero-order valence-electron chi connectivity index (χ0n) is 16.0. The highest BCUT2D eigenvalue weighted by atomic mass is 16.6. The van der Waals surface area contributed by atoms with Crippen LogP contribution in [0.25, 0.3) is 0 Å². The molecule has 1 atom stereocenters. The fourth-order valence-electron chi connectivity index (χ4n) is 3.79. The highest BCUT2D eigenvalue weighted by Crippen LogP contribution is 2.39. The maximum absolute atomic E-state index is 13.0. The molecule has 1 aromatic rings. The molecule has 0 bridgehead atoms. The standard InChI is InChI=1S/C20H31N3O2/c1-5-22-14-8-12-17(22)16-11-7-13-21-18(16)23(15-9-6-10-15)19(24)25-20(2,3)4/h7,11,13,15,17H,5-6,8-10,12,14H2,1-4H3. The molecular formula is C20H31N3O2. The quantitative estimate of drug-likeness (QED) is 0.804. The van der Waals surface area contributed by atoms with Crippen molar-refractivity contribution in [3.05, 3.63) is 23.9 Å². The molecule has 2 heterocycles. The number of nitrogens with zero attached hydrogens (tertiary/aromatic N) is 3. The summed E-state index contributed by atoms with van der Waals surface area (Å²) in [6.45, 7) is 10.1. The van der Waals surface area contributed by atoms with Gasteiger partial charge in [0.25, 0.3) is 0 Å². The van der Waals surface area contributed by atoms with Crippen LogP contribution in [0.15, 0.2) is 18.3 Å². The van der Waals surface area contributed by atoms with E-state index in [0.29, 0.717) is 6.04 Å². The van der Waals surface area contributed by atoms with Gasteiger partial charge in [0.1, 0.15) is 11.4 Å². The van der Waals surface area contributed by atoms with E-state index in [9.17, 15) is 4.79 Å². The molecule has 0 aromatic carbocycles. The Morgan fingerprint density at radius 2 is 2.08 bits per heavy atom. The molecule has 25 heavy (non-hydrogen) atoms. The Balaban J connectivity index is 1.95. The fourth-order valence-corrected chi connectivity index (χ4v) is 3.79. The second kappa shape index (κ2) is 7.32. The van der Waals surface area contributed by atoms with Gasteiger partial charge < -0.3 is 4.74 Å². The zero-order chi connectivity index (χ0) is 18.0. The summed E-state index contributed by atoms with van der Waals surface area (Å²) in [5, 5.41) is 0. The lowest BCUT2D eigenvalue weighted by Crippen LogP contribution is -2.48. The molecule has 1 saturated heterocycles. The zero-order valence-corrected chi connectivity index (χ0v) is 16.0. The summed E-state index contributed by atoms with van der Waals surface area (Å²) in [6, 6.07) is 4.68. The number of aromatic nitrogens is 1. The molecule has 1 aliphatic heterocycles. The van der Waals surface area contributed by atoms with Crippen LogP contribution in [0.5, 0.6) is 0 Å². The van der Waals surface area contributed by atoms with Gasteiger partial charge >= 0.3 is 6.09 Å². The summed E-state index contributed by atoms with van der Waals surface area (Å²) < 4.78 is 5.72. The van der Waals surface area contributed by atoms with Crippen LogP contribution >= 0.6 is 0 Å². The van der Waals surface area contributed by atoms with Crippen molar-refractivity contribution in [1.29, 1.82) is 0 Å². The SMILES string of the molecule is CCN1CCCC1c1cccnc1N(C(=O)OC(C)(C)C)C1CCC1. The minimum absolute atomic E-state index is 0.208. The van der Waals surface area contributed by atoms with Crippen molar-refractivity contribution in [2.24, 2.45) is 0 Å². The van der Waals surface area contributed by atoms with Gasteiger partial charge in [-0.2, -0.15) is 0 Å². The maximum atomic E-state index is 13.0. The summed E-state index contributed by atoms with van der Waals surface area (Å²) in [5.41, 5.74) is 0.663. The monoisotopic (exact) mass is 345 g/mol. The van der Waals surface area contributed by atoms with Crippen LogP contribution in [-0.4, -0.2) is 40.7 Å². The second-order valence-electron chi connectivity index (χ2n) is 8.14. The third kappa shape index (κ3) is 3.97. The van der Waals surface area contributed by atoms with E-state index >= 15 is 0 Å². The number of carbonyl (C=O) groups excluding carboxylic acids is 1. The second-order valence-corrected chi connectivity index (χ2v) is 8.14. The summed E-state index contributed by atoms with van der Waals surface area (Å²) in [6.07, 6.45) is 7.06. The predicted octanol–water partition coefficient (Wildman–Crippen LogP) is 4.53. The molecule has 1 amide bonds. The van der Waals surface area contributed by atoms with E-state index < -0.39 is 5.60 Å². The molecule has 5 nitrogen and oxygen atoms in total. The Kier molecular flexibility index (Phi) is 5.32. The van der Waals surface area contributed by atoms with Crippen molar-refractivity contribution in [2.75, 3.05) is 18.0 Å². The number of amides is 1. The highest BCUT2D eigenvalue weighted by Gasteiger charge is 2.37. The van der Waals surface area contributed by atoms with Crippen molar-refractivity contribution in [3.63, 3.8) is 0 Å². The van der Waals surface area contributed by atoms with Crippen LogP contribution in [-0.2, 0) is 4.74 Å². The molecule has 1 saturated carbocycles. The van der Waals surface area contributed by atoms with Crippen LogP contribution < -0.4 is 4.90 Å². The molecule has 1 aliphatic carbocycles. The largest absolute Gasteiger partial charge is 0.443 e. The third-order valence-electron chi connectivity index (χ3n) is 5.20. The van der Waals surface area contributed by atoms with E-state index in [-0.39, 0.29) is 12.1 Å². The molecule has 2 fully saturated rings. The van der Waals surface area contributed by atoms with Crippen molar-refractivity contribution < 1.29 is 9.53 Å². The van der Waals surface area contributed by atoms with Crippen LogP contribution in [0.2, 0.25) is 0 Å². The topological polar surface area (TPSA) is 45.7 Å². The number of hydrogen-bond acceptors (Lipinski definition) is 4. The normalized spacial score (nSPS) is 21.8. The van der Waals surface area contributed by atoms with Gasteiger partial charge in [0, 0.05) is 23.8 Å². The first-order chi connectivity index (χ1) is 11.9. The van der Waals surface area contributed by atoms with Crippen LogP contribution in [0.3, 0.4) is 0 Å². The fraction of sp³-hybridized carbons (Fsp3) is 0.700.